The summed E-state index contributed by atoms with van der Waals surface area (Å²) in [5.74, 6) is -0.164. The Morgan fingerprint density at radius 3 is 2.69 bits per heavy atom. The van der Waals surface area contributed by atoms with Crippen LogP contribution in [-0.2, 0) is 0 Å². The van der Waals surface area contributed by atoms with Crippen molar-refractivity contribution in [2.75, 3.05) is 24.5 Å². The number of hydrogen-bond acceptors (Lipinski definition) is 3. The number of fused-ring (bicyclic) bond motifs is 1. The van der Waals surface area contributed by atoms with Crippen molar-refractivity contribution in [3.05, 3.63) is 23.5 Å². The second kappa shape index (κ2) is 2.60. The lowest BCUT2D eigenvalue weighted by molar-refractivity contribution is 0.412. The molecule has 0 atom stereocenters. The summed E-state index contributed by atoms with van der Waals surface area (Å²) in [6.07, 6.45) is 0. The van der Waals surface area contributed by atoms with Crippen molar-refractivity contribution in [3.63, 3.8) is 0 Å². The predicted molar refractivity (Wildman–Crippen MR) is 50.9 cm³/mol. The van der Waals surface area contributed by atoms with Crippen molar-refractivity contribution in [2.24, 2.45) is 0 Å². The summed E-state index contributed by atoms with van der Waals surface area (Å²) in [6, 6.07) is 3.35. The Bertz CT molecular complexity index is 351. The maximum atomic E-state index is 13.2. The molecule has 1 aliphatic heterocycles. The zero-order valence-electron chi connectivity index (χ0n) is 7.93. The van der Waals surface area contributed by atoms with E-state index in [1.165, 1.54) is 0 Å². The van der Waals surface area contributed by atoms with E-state index in [0.717, 1.165) is 11.4 Å². The highest BCUT2D eigenvalue weighted by Gasteiger charge is 2.21. The topological polar surface area (TPSA) is 18.5 Å². The molecule has 1 aromatic rings. The molecule has 0 bridgehead atoms. The van der Waals surface area contributed by atoms with Crippen LogP contribution in [0.3, 0.4) is 0 Å². The third kappa shape index (κ3) is 1.14. The summed E-state index contributed by atoms with van der Waals surface area (Å²) in [4.78, 5) is 0. The standard InChI is InChI=1S/C9H12FN3/c1-6-4-8-9(5-7(6)10)12(2)13(3)11-8/h4-5,11H,1-3H3. The smallest absolute Gasteiger partial charge is 0.128 e. The van der Waals surface area contributed by atoms with Crippen LogP contribution in [0.5, 0.6) is 0 Å². The first-order valence-corrected chi connectivity index (χ1v) is 4.14. The van der Waals surface area contributed by atoms with Crippen molar-refractivity contribution < 1.29 is 4.39 Å². The number of rotatable bonds is 0. The molecule has 1 aliphatic rings. The average molecular weight is 181 g/mol. The van der Waals surface area contributed by atoms with Crippen LogP contribution < -0.4 is 10.4 Å². The van der Waals surface area contributed by atoms with Crippen molar-refractivity contribution in [1.29, 1.82) is 0 Å². The molecule has 0 amide bonds. The summed E-state index contributed by atoms with van der Waals surface area (Å²) in [5.41, 5.74) is 5.58. The highest BCUT2D eigenvalue weighted by Crippen LogP contribution is 2.33. The van der Waals surface area contributed by atoms with Gasteiger partial charge in [-0.2, -0.15) is 0 Å². The predicted octanol–water partition coefficient (Wildman–Crippen LogP) is 1.76. The molecule has 70 valence electrons. The fourth-order valence-electron chi connectivity index (χ4n) is 1.44. The fourth-order valence-corrected chi connectivity index (χ4v) is 1.44. The molecule has 1 N–H and O–H groups in total. The number of halogens is 1. The molecule has 0 radical (unpaired) electrons. The number of aryl methyl sites for hydroxylation is 1. The van der Waals surface area contributed by atoms with Crippen LogP contribution in [-0.4, -0.2) is 19.2 Å². The van der Waals surface area contributed by atoms with Gasteiger partial charge in [-0.25, -0.2) is 4.39 Å². The second-order valence-electron chi connectivity index (χ2n) is 3.28. The van der Waals surface area contributed by atoms with E-state index in [4.69, 9.17) is 0 Å². The summed E-state index contributed by atoms with van der Waals surface area (Å²) in [5, 5.41) is 3.67. The van der Waals surface area contributed by atoms with Gasteiger partial charge in [-0.3, -0.25) is 10.4 Å². The number of nitrogens with one attached hydrogen (secondary N) is 1. The minimum Gasteiger partial charge on any atom is -0.299 e. The van der Waals surface area contributed by atoms with E-state index in [1.807, 2.05) is 30.3 Å². The lowest BCUT2D eigenvalue weighted by Gasteiger charge is -2.19. The Kier molecular flexibility index (Phi) is 1.66. The highest BCUT2D eigenvalue weighted by molar-refractivity contribution is 5.73. The van der Waals surface area contributed by atoms with Crippen LogP contribution >= 0.6 is 0 Å². The van der Waals surface area contributed by atoms with Gasteiger partial charge >= 0.3 is 0 Å². The Labute approximate surface area is 76.7 Å². The molecule has 0 spiro atoms. The summed E-state index contributed by atoms with van der Waals surface area (Å²) < 4.78 is 13.2. The van der Waals surface area contributed by atoms with Crippen LogP contribution in [0.25, 0.3) is 0 Å². The molecular formula is C9H12FN3. The maximum absolute atomic E-state index is 13.2. The first-order valence-electron chi connectivity index (χ1n) is 4.14. The molecule has 0 saturated heterocycles. The first kappa shape index (κ1) is 8.31. The Morgan fingerprint density at radius 2 is 2.00 bits per heavy atom. The van der Waals surface area contributed by atoms with Gasteiger partial charge in [-0.1, -0.05) is 0 Å². The molecule has 0 saturated carbocycles. The fraction of sp³-hybridized carbons (Fsp3) is 0.333. The Morgan fingerprint density at radius 1 is 1.31 bits per heavy atom. The van der Waals surface area contributed by atoms with E-state index < -0.39 is 0 Å². The second-order valence-corrected chi connectivity index (χ2v) is 3.28. The van der Waals surface area contributed by atoms with Crippen molar-refractivity contribution in [2.45, 2.75) is 6.92 Å². The first-order chi connectivity index (χ1) is 6.09. The van der Waals surface area contributed by atoms with Crippen LogP contribution in [0.2, 0.25) is 0 Å². The molecule has 3 nitrogen and oxygen atoms in total. The van der Waals surface area contributed by atoms with Gasteiger partial charge in [-0.15, -0.1) is 5.12 Å². The highest BCUT2D eigenvalue weighted by atomic mass is 19.1. The zero-order chi connectivity index (χ0) is 9.59. The van der Waals surface area contributed by atoms with E-state index in [0.29, 0.717) is 5.56 Å². The Hall–Kier alpha value is -1.29. The quantitative estimate of drug-likeness (QED) is 0.658. The van der Waals surface area contributed by atoms with E-state index in [2.05, 4.69) is 5.43 Å². The number of nitrogens with zero attached hydrogens (tertiary/aromatic N) is 2. The average Bonchev–Trinajstić information content (AvgIpc) is 2.32. The normalized spacial score (nSPS) is 15.8. The molecule has 0 fully saturated rings. The summed E-state index contributed by atoms with van der Waals surface area (Å²) in [7, 11) is 3.76. The van der Waals surface area contributed by atoms with Crippen LogP contribution in [0.1, 0.15) is 5.56 Å². The SMILES string of the molecule is Cc1cc2c(cc1F)N(C)N(C)N2. The van der Waals surface area contributed by atoms with E-state index in [1.54, 1.807) is 13.0 Å². The molecule has 13 heavy (non-hydrogen) atoms. The van der Waals surface area contributed by atoms with Gasteiger partial charge in [0.15, 0.2) is 0 Å². The molecule has 0 aromatic heterocycles. The number of hydrogen-bond donors (Lipinski definition) is 1. The van der Waals surface area contributed by atoms with Crippen molar-refractivity contribution >= 4 is 11.4 Å². The molecule has 1 heterocycles. The minimum atomic E-state index is -0.164. The summed E-state index contributed by atoms with van der Waals surface area (Å²) in [6.45, 7) is 1.76. The van der Waals surface area contributed by atoms with Gasteiger partial charge in [0.1, 0.15) is 5.82 Å². The molecule has 1 aromatic carbocycles. The third-order valence-electron chi connectivity index (χ3n) is 2.36. The van der Waals surface area contributed by atoms with Gasteiger partial charge in [0.25, 0.3) is 0 Å². The number of benzene rings is 1. The summed E-state index contributed by atoms with van der Waals surface area (Å²) >= 11 is 0. The van der Waals surface area contributed by atoms with Crippen molar-refractivity contribution in [1.82, 2.24) is 5.12 Å². The number of hydrazine groups is 2. The van der Waals surface area contributed by atoms with Crippen LogP contribution in [0.4, 0.5) is 15.8 Å². The third-order valence-corrected chi connectivity index (χ3v) is 2.36. The van der Waals surface area contributed by atoms with E-state index >= 15 is 0 Å². The van der Waals surface area contributed by atoms with Crippen LogP contribution in [0.15, 0.2) is 12.1 Å². The molecular weight excluding hydrogens is 169 g/mol. The zero-order valence-corrected chi connectivity index (χ0v) is 7.93. The van der Waals surface area contributed by atoms with Gasteiger partial charge < -0.3 is 0 Å². The molecule has 0 aliphatic carbocycles. The van der Waals surface area contributed by atoms with E-state index in [-0.39, 0.29) is 5.82 Å². The van der Waals surface area contributed by atoms with Crippen molar-refractivity contribution in [3.8, 4) is 0 Å². The maximum Gasteiger partial charge on any atom is 0.128 e. The van der Waals surface area contributed by atoms with Gasteiger partial charge in [0.2, 0.25) is 0 Å². The monoisotopic (exact) mass is 181 g/mol. The molecule has 2 rings (SSSR count). The number of anilines is 2. The lowest BCUT2D eigenvalue weighted by atomic mass is 10.2. The van der Waals surface area contributed by atoms with Gasteiger partial charge in [-0.05, 0) is 18.6 Å². The van der Waals surface area contributed by atoms with Gasteiger partial charge in [0.05, 0.1) is 11.4 Å². The largest absolute Gasteiger partial charge is 0.299 e. The van der Waals surface area contributed by atoms with Gasteiger partial charge in [0, 0.05) is 20.2 Å². The Balaban J connectivity index is 2.53. The minimum absolute atomic E-state index is 0.164. The lowest BCUT2D eigenvalue weighted by Crippen LogP contribution is -2.34. The molecule has 4 heteroatoms. The van der Waals surface area contributed by atoms with E-state index in [9.17, 15) is 4.39 Å². The van der Waals surface area contributed by atoms with Crippen LogP contribution in [0, 0.1) is 12.7 Å². The molecule has 0 unspecified atom stereocenters.